The van der Waals surface area contributed by atoms with Crippen molar-refractivity contribution in [3.05, 3.63) is 17.0 Å². The maximum absolute atomic E-state index is 12.5. The summed E-state index contributed by atoms with van der Waals surface area (Å²) in [6.45, 7) is 13.9. The van der Waals surface area contributed by atoms with Gasteiger partial charge in [-0.05, 0) is 34.6 Å². The number of carbonyl (C=O) groups is 1. The summed E-state index contributed by atoms with van der Waals surface area (Å²) in [4.78, 5) is 16.9. The summed E-state index contributed by atoms with van der Waals surface area (Å²) < 4.78 is 0. The zero-order valence-corrected chi connectivity index (χ0v) is 12.6. The number of hydrogen-bond donors (Lipinski definition) is 1. The fraction of sp³-hybridized carbons (Fsp3) is 0.714. The molecule has 0 radical (unpaired) electrons. The Bertz CT molecular complexity index is 445. The summed E-state index contributed by atoms with van der Waals surface area (Å²) >= 11 is 0. The van der Waals surface area contributed by atoms with Crippen molar-refractivity contribution in [3.8, 4) is 0 Å². The van der Waals surface area contributed by atoms with Gasteiger partial charge in [-0.1, -0.05) is 0 Å². The van der Waals surface area contributed by atoms with Crippen molar-refractivity contribution in [1.82, 2.24) is 20.0 Å². The number of aromatic nitrogens is 2. The highest BCUT2D eigenvalue weighted by molar-refractivity contribution is 5.96. The van der Waals surface area contributed by atoms with Crippen LogP contribution in [0.25, 0.3) is 0 Å². The van der Waals surface area contributed by atoms with Crippen LogP contribution >= 0.6 is 0 Å². The van der Waals surface area contributed by atoms with Crippen molar-refractivity contribution in [1.29, 1.82) is 0 Å². The average molecular weight is 264 g/mol. The first-order chi connectivity index (χ1) is 8.80. The molecule has 1 N–H and O–H groups in total. The minimum Gasteiger partial charge on any atom is -0.336 e. The van der Waals surface area contributed by atoms with Crippen LogP contribution in [0.3, 0.4) is 0 Å². The number of rotatable bonds is 1. The van der Waals surface area contributed by atoms with E-state index >= 15 is 0 Å². The second-order valence-corrected chi connectivity index (χ2v) is 6.26. The third-order valence-corrected chi connectivity index (χ3v) is 3.86. The lowest BCUT2D eigenvalue weighted by Gasteiger charge is -2.42. The molecule has 19 heavy (non-hydrogen) atoms. The number of nitrogens with one attached hydrogen (secondary N) is 1. The van der Waals surface area contributed by atoms with E-state index in [-0.39, 0.29) is 11.4 Å². The first-order valence-corrected chi connectivity index (χ1v) is 6.86. The van der Waals surface area contributed by atoms with Crippen LogP contribution in [0.1, 0.15) is 42.5 Å². The number of nitrogens with zero attached hydrogens (tertiary/aromatic N) is 3. The van der Waals surface area contributed by atoms with Crippen LogP contribution < -0.4 is 0 Å². The lowest BCUT2D eigenvalue weighted by molar-refractivity contribution is 0.0450. The molecule has 2 rings (SSSR count). The molecule has 1 fully saturated rings. The summed E-state index contributed by atoms with van der Waals surface area (Å²) in [5, 5.41) is 6.99. The maximum Gasteiger partial charge on any atom is 0.257 e. The van der Waals surface area contributed by atoms with Crippen LogP contribution in [-0.4, -0.2) is 57.6 Å². The van der Waals surface area contributed by atoms with Gasteiger partial charge in [0.05, 0.1) is 11.3 Å². The average Bonchev–Trinajstić information content (AvgIpc) is 2.67. The largest absolute Gasteiger partial charge is 0.336 e. The quantitative estimate of drug-likeness (QED) is 0.838. The van der Waals surface area contributed by atoms with E-state index in [9.17, 15) is 4.79 Å². The van der Waals surface area contributed by atoms with Crippen molar-refractivity contribution < 1.29 is 4.79 Å². The summed E-state index contributed by atoms with van der Waals surface area (Å²) in [5.74, 6) is 0.109. The van der Waals surface area contributed by atoms with Crippen molar-refractivity contribution in [2.45, 2.75) is 40.2 Å². The molecule has 1 aliphatic heterocycles. The van der Waals surface area contributed by atoms with Gasteiger partial charge in [-0.3, -0.25) is 14.8 Å². The lowest BCUT2D eigenvalue weighted by Crippen LogP contribution is -2.54. The molecule has 0 bridgehead atoms. The zero-order chi connectivity index (χ0) is 14.2. The number of aromatic amines is 1. The predicted octanol–water partition coefficient (Wildman–Crippen LogP) is 1.58. The Morgan fingerprint density at radius 1 is 1.16 bits per heavy atom. The number of aryl methyl sites for hydroxylation is 2. The number of amides is 1. The van der Waals surface area contributed by atoms with Gasteiger partial charge in [0.15, 0.2) is 0 Å². The van der Waals surface area contributed by atoms with Gasteiger partial charge in [-0.2, -0.15) is 5.10 Å². The highest BCUT2D eigenvalue weighted by atomic mass is 16.2. The monoisotopic (exact) mass is 264 g/mol. The molecule has 1 aliphatic rings. The molecule has 1 saturated heterocycles. The van der Waals surface area contributed by atoms with E-state index in [0.29, 0.717) is 0 Å². The zero-order valence-electron chi connectivity index (χ0n) is 12.6. The van der Waals surface area contributed by atoms with Crippen molar-refractivity contribution in [2.24, 2.45) is 0 Å². The smallest absolute Gasteiger partial charge is 0.257 e. The highest BCUT2D eigenvalue weighted by Crippen LogP contribution is 2.18. The summed E-state index contributed by atoms with van der Waals surface area (Å²) in [7, 11) is 0. The molecule has 5 nitrogen and oxygen atoms in total. The van der Waals surface area contributed by atoms with Gasteiger partial charge in [-0.25, -0.2) is 0 Å². The third kappa shape index (κ3) is 2.81. The first-order valence-electron chi connectivity index (χ1n) is 6.86. The Kier molecular flexibility index (Phi) is 3.67. The second-order valence-electron chi connectivity index (χ2n) is 6.26. The standard InChI is InChI=1S/C14H24N4O/c1-10-12(11(2)16-15-10)13(19)17-6-8-18(9-7-17)14(3,4)5/h6-9H2,1-5H3,(H,15,16). The van der Waals surface area contributed by atoms with Crippen molar-refractivity contribution in [3.63, 3.8) is 0 Å². The highest BCUT2D eigenvalue weighted by Gasteiger charge is 2.29. The Hall–Kier alpha value is -1.36. The molecule has 2 heterocycles. The van der Waals surface area contributed by atoms with Crippen molar-refractivity contribution in [2.75, 3.05) is 26.2 Å². The summed E-state index contributed by atoms with van der Waals surface area (Å²) in [5.41, 5.74) is 2.57. The number of H-pyrrole nitrogens is 1. The molecule has 0 saturated carbocycles. The normalized spacial score (nSPS) is 17.8. The number of piperazine rings is 1. The van der Waals surface area contributed by atoms with E-state index in [1.165, 1.54) is 0 Å². The Balaban J connectivity index is 2.04. The van der Waals surface area contributed by atoms with Gasteiger partial charge in [0.2, 0.25) is 0 Å². The van der Waals surface area contributed by atoms with E-state index in [1.807, 2.05) is 18.7 Å². The van der Waals surface area contributed by atoms with E-state index < -0.39 is 0 Å². The Labute approximate surface area is 115 Å². The minimum atomic E-state index is 0.109. The molecule has 5 heteroatoms. The number of carbonyl (C=O) groups excluding carboxylic acids is 1. The second kappa shape index (κ2) is 4.96. The molecule has 106 valence electrons. The van der Waals surface area contributed by atoms with E-state index in [0.717, 1.165) is 43.1 Å². The van der Waals surface area contributed by atoms with Crippen LogP contribution in [0.2, 0.25) is 0 Å². The third-order valence-electron chi connectivity index (χ3n) is 3.86. The Morgan fingerprint density at radius 2 is 1.74 bits per heavy atom. The van der Waals surface area contributed by atoms with Crippen LogP contribution in [0, 0.1) is 13.8 Å². The number of hydrogen-bond acceptors (Lipinski definition) is 3. The summed E-state index contributed by atoms with van der Waals surface area (Å²) in [6, 6.07) is 0. The van der Waals surface area contributed by atoms with Crippen LogP contribution in [-0.2, 0) is 0 Å². The van der Waals surface area contributed by atoms with Gasteiger partial charge < -0.3 is 4.90 Å². The molecule has 0 aliphatic carbocycles. The van der Waals surface area contributed by atoms with Gasteiger partial charge in [0.1, 0.15) is 0 Å². The van der Waals surface area contributed by atoms with E-state index in [2.05, 4.69) is 35.9 Å². The fourth-order valence-corrected chi connectivity index (χ4v) is 2.60. The molecule has 1 aromatic rings. The van der Waals surface area contributed by atoms with Crippen LogP contribution in [0.5, 0.6) is 0 Å². The molecule has 0 aromatic carbocycles. The van der Waals surface area contributed by atoms with Crippen molar-refractivity contribution >= 4 is 5.91 Å². The van der Waals surface area contributed by atoms with Crippen LogP contribution in [0.4, 0.5) is 0 Å². The van der Waals surface area contributed by atoms with E-state index in [1.54, 1.807) is 0 Å². The Morgan fingerprint density at radius 3 is 2.16 bits per heavy atom. The molecule has 0 atom stereocenters. The van der Waals surface area contributed by atoms with E-state index in [4.69, 9.17) is 0 Å². The van der Waals surface area contributed by atoms with Gasteiger partial charge in [0.25, 0.3) is 5.91 Å². The van der Waals surface area contributed by atoms with Gasteiger partial charge in [-0.15, -0.1) is 0 Å². The predicted molar refractivity (Wildman–Crippen MR) is 75.3 cm³/mol. The summed E-state index contributed by atoms with van der Waals surface area (Å²) in [6.07, 6.45) is 0. The maximum atomic E-state index is 12.5. The molecular formula is C14H24N4O. The molecular weight excluding hydrogens is 240 g/mol. The lowest BCUT2D eigenvalue weighted by atomic mass is 10.0. The molecule has 0 unspecified atom stereocenters. The van der Waals surface area contributed by atoms with Crippen LogP contribution in [0.15, 0.2) is 0 Å². The minimum absolute atomic E-state index is 0.109. The molecule has 0 spiro atoms. The first kappa shape index (κ1) is 14.1. The molecule has 1 aromatic heterocycles. The fourth-order valence-electron chi connectivity index (χ4n) is 2.60. The SMILES string of the molecule is Cc1n[nH]c(C)c1C(=O)N1CCN(C(C)(C)C)CC1. The van der Waals surface area contributed by atoms with Gasteiger partial charge >= 0.3 is 0 Å². The topological polar surface area (TPSA) is 52.2 Å². The molecule has 1 amide bonds. The van der Waals surface area contributed by atoms with Gasteiger partial charge in [0, 0.05) is 37.4 Å².